The predicted octanol–water partition coefficient (Wildman–Crippen LogP) is 1.41. The third kappa shape index (κ3) is 0.430. The second-order valence-corrected chi connectivity index (χ2v) is 4.30. The first-order chi connectivity index (χ1) is 4.88. The molecule has 4 atom stereocenters. The molecule has 3 aliphatic rings. The summed E-state index contributed by atoms with van der Waals surface area (Å²) < 4.78 is 0. The van der Waals surface area contributed by atoms with Crippen LogP contribution in [0.4, 0.5) is 0 Å². The summed E-state index contributed by atoms with van der Waals surface area (Å²) in [5, 5.41) is 9.71. The molecule has 56 valence electrons. The molecule has 3 fully saturated rings. The highest BCUT2D eigenvalue weighted by Crippen LogP contribution is 2.60. The van der Waals surface area contributed by atoms with Crippen molar-refractivity contribution in [3.05, 3.63) is 0 Å². The zero-order chi connectivity index (χ0) is 6.72. The van der Waals surface area contributed by atoms with Gasteiger partial charge in [-0.15, -0.1) is 0 Å². The maximum absolute atomic E-state index is 9.71. The Morgan fingerprint density at radius 3 is 1.40 bits per heavy atom. The fourth-order valence-electron chi connectivity index (χ4n) is 3.85. The number of aliphatic hydroxyl groups excluding tert-OH is 1. The third-order valence-corrected chi connectivity index (χ3v) is 4.19. The molecule has 0 radical (unpaired) electrons. The molecule has 0 aliphatic heterocycles. The highest BCUT2D eigenvalue weighted by Gasteiger charge is 2.57. The van der Waals surface area contributed by atoms with Gasteiger partial charge in [-0.05, 0) is 49.4 Å². The van der Waals surface area contributed by atoms with Crippen molar-refractivity contribution in [1.29, 1.82) is 0 Å². The molecular weight excluding hydrogens is 124 g/mol. The Kier molecular flexibility index (Phi) is 0.883. The van der Waals surface area contributed by atoms with Crippen molar-refractivity contribution < 1.29 is 5.11 Å². The lowest BCUT2D eigenvalue weighted by molar-refractivity contribution is 0.0411. The van der Waals surface area contributed by atoms with E-state index >= 15 is 0 Å². The van der Waals surface area contributed by atoms with Crippen molar-refractivity contribution in [2.75, 3.05) is 0 Å². The molecule has 4 unspecified atom stereocenters. The Balaban J connectivity index is 2.01. The summed E-state index contributed by atoms with van der Waals surface area (Å²) in [6, 6.07) is 0. The average Bonchev–Trinajstić information content (AvgIpc) is 2.47. The quantitative estimate of drug-likeness (QED) is 0.536. The van der Waals surface area contributed by atoms with E-state index in [1.165, 1.54) is 25.7 Å². The van der Waals surface area contributed by atoms with Crippen LogP contribution in [0.3, 0.4) is 0 Å². The van der Waals surface area contributed by atoms with Gasteiger partial charge in [0.05, 0.1) is 6.10 Å². The van der Waals surface area contributed by atoms with Gasteiger partial charge in [0.2, 0.25) is 0 Å². The summed E-state index contributed by atoms with van der Waals surface area (Å²) >= 11 is 0. The van der Waals surface area contributed by atoms with Crippen LogP contribution in [0.15, 0.2) is 0 Å². The van der Waals surface area contributed by atoms with Crippen LogP contribution in [0.1, 0.15) is 25.7 Å². The smallest absolute Gasteiger partial charge is 0.0602 e. The van der Waals surface area contributed by atoms with Gasteiger partial charge in [0.1, 0.15) is 0 Å². The molecule has 0 aromatic rings. The molecule has 0 spiro atoms. The molecule has 3 aliphatic carbocycles. The van der Waals surface area contributed by atoms with E-state index in [9.17, 15) is 5.11 Å². The van der Waals surface area contributed by atoms with Gasteiger partial charge >= 0.3 is 0 Å². The molecule has 4 bridgehead atoms. The van der Waals surface area contributed by atoms with E-state index in [0.29, 0.717) is 0 Å². The molecule has 0 heterocycles. The SMILES string of the molecule is OC1C2CCC3C1CCC23. The molecule has 1 N–H and O–H groups in total. The molecule has 0 amide bonds. The van der Waals surface area contributed by atoms with Gasteiger partial charge in [0.25, 0.3) is 0 Å². The lowest BCUT2D eigenvalue weighted by Crippen LogP contribution is -2.28. The van der Waals surface area contributed by atoms with Crippen molar-refractivity contribution in [2.45, 2.75) is 31.8 Å². The topological polar surface area (TPSA) is 20.2 Å². The van der Waals surface area contributed by atoms with Gasteiger partial charge in [0, 0.05) is 0 Å². The molecule has 1 nitrogen and oxygen atoms in total. The summed E-state index contributed by atoms with van der Waals surface area (Å²) in [5.41, 5.74) is 0. The lowest BCUT2D eigenvalue weighted by Gasteiger charge is -2.27. The molecular formula is C9H14O. The molecule has 0 aromatic heterocycles. The minimum Gasteiger partial charge on any atom is -0.393 e. The zero-order valence-corrected chi connectivity index (χ0v) is 6.16. The van der Waals surface area contributed by atoms with Crippen molar-refractivity contribution >= 4 is 0 Å². The van der Waals surface area contributed by atoms with Crippen LogP contribution in [0.25, 0.3) is 0 Å². The van der Waals surface area contributed by atoms with Crippen LogP contribution in [0, 0.1) is 23.7 Å². The van der Waals surface area contributed by atoms with Crippen LogP contribution in [-0.4, -0.2) is 11.2 Å². The number of hydrogen-bond acceptors (Lipinski definition) is 1. The molecule has 3 rings (SSSR count). The highest BCUT2D eigenvalue weighted by molar-refractivity contribution is 5.06. The number of aliphatic hydroxyl groups is 1. The van der Waals surface area contributed by atoms with Crippen molar-refractivity contribution in [3.8, 4) is 0 Å². The molecule has 0 aromatic carbocycles. The summed E-state index contributed by atoms with van der Waals surface area (Å²) in [4.78, 5) is 0. The summed E-state index contributed by atoms with van der Waals surface area (Å²) in [6.07, 6.45) is 5.62. The van der Waals surface area contributed by atoms with Crippen LogP contribution in [-0.2, 0) is 0 Å². The van der Waals surface area contributed by atoms with E-state index in [2.05, 4.69) is 0 Å². The van der Waals surface area contributed by atoms with Crippen LogP contribution in [0.5, 0.6) is 0 Å². The van der Waals surface area contributed by atoms with E-state index in [0.717, 1.165) is 23.7 Å². The Morgan fingerprint density at radius 1 is 0.700 bits per heavy atom. The average molecular weight is 138 g/mol. The second kappa shape index (κ2) is 1.58. The van der Waals surface area contributed by atoms with Gasteiger partial charge in [-0.3, -0.25) is 0 Å². The van der Waals surface area contributed by atoms with E-state index in [1.54, 1.807) is 0 Å². The summed E-state index contributed by atoms with van der Waals surface area (Å²) in [6.45, 7) is 0. The zero-order valence-electron chi connectivity index (χ0n) is 6.16. The fourth-order valence-corrected chi connectivity index (χ4v) is 3.85. The van der Waals surface area contributed by atoms with Crippen LogP contribution >= 0.6 is 0 Å². The van der Waals surface area contributed by atoms with E-state index in [4.69, 9.17) is 0 Å². The summed E-state index contributed by atoms with van der Waals surface area (Å²) in [7, 11) is 0. The minimum absolute atomic E-state index is 0.109. The van der Waals surface area contributed by atoms with Crippen LogP contribution < -0.4 is 0 Å². The first-order valence-corrected chi connectivity index (χ1v) is 4.56. The molecule has 1 heteroatoms. The minimum atomic E-state index is 0.109. The molecule has 0 saturated heterocycles. The van der Waals surface area contributed by atoms with Crippen molar-refractivity contribution in [2.24, 2.45) is 23.7 Å². The van der Waals surface area contributed by atoms with Gasteiger partial charge in [-0.25, -0.2) is 0 Å². The van der Waals surface area contributed by atoms with Crippen molar-refractivity contribution in [3.63, 3.8) is 0 Å². The predicted molar refractivity (Wildman–Crippen MR) is 38.4 cm³/mol. The van der Waals surface area contributed by atoms with Gasteiger partial charge in [-0.2, -0.15) is 0 Å². The lowest BCUT2D eigenvalue weighted by atomic mass is 9.83. The van der Waals surface area contributed by atoms with Gasteiger partial charge in [-0.1, -0.05) is 0 Å². The fraction of sp³-hybridized carbons (Fsp3) is 1.00. The van der Waals surface area contributed by atoms with Gasteiger partial charge < -0.3 is 5.11 Å². The maximum atomic E-state index is 9.71. The first-order valence-electron chi connectivity index (χ1n) is 4.56. The largest absolute Gasteiger partial charge is 0.393 e. The number of hydrogen-bond donors (Lipinski definition) is 1. The first kappa shape index (κ1) is 5.59. The van der Waals surface area contributed by atoms with Crippen LogP contribution in [0.2, 0.25) is 0 Å². The number of rotatable bonds is 0. The van der Waals surface area contributed by atoms with E-state index in [-0.39, 0.29) is 6.10 Å². The van der Waals surface area contributed by atoms with E-state index < -0.39 is 0 Å². The van der Waals surface area contributed by atoms with E-state index in [1.807, 2.05) is 0 Å². The standard InChI is InChI=1S/C9H14O/c10-9-7-3-1-5-6(7)2-4-8(5)9/h5-10H,1-4H2. The molecule has 3 saturated carbocycles. The second-order valence-electron chi connectivity index (χ2n) is 4.30. The maximum Gasteiger partial charge on any atom is 0.0602 e. The normalized spacial score (nSPS) is 63.9. The van der Waals surface area contributed by atoms with Crippen molar-refractivity contribution in [1.82, 2.24) is 0 Å². The monoisotopic (exact) mass is 138 g/mol. The molecule has 10 heavy (non-hydrogen) atoms. The van der Waals surface area contributed by atoms with Gasteiger partial charge in [0.15, 0.2) is 0 Å². The Morgan fingerprint density at radius 2 is 1.10 bits per heavy atom. The Labute approximate surface area is 61.4 Å². The summed E-state index contributed by atoms with van der Waals surface area (Å²) in [5.74, 6) is 3.34. The third-order valence-electron chi connectivity index (χ3n) is 4.19. The Hall–Kier alpha value is -0.0400. The highest BCUT2D eigenvalue weighted by atomic mass is 16.3. The Bertz CT molecular complexity index is 135.